The molecular weight excluding hydrogens is 389 g/mol. The normalized spacial score (nSPS) is 12.2. The summed E-state index contributed by atoms with van der Waals surface area (Å²) >= 11 is 0. The number of nitrogens with zero attached hydrogens (tertiary/aromatic N) is 3. The Balaban J connectivity index is 1.27. The van der Waals surface area contributed by atoms with Crippen LogP contribution in [-0.4, -0.2) is 32.7 Å². The van der Waals surface area contributed by atoms with E-state index < -0.39 is 0 Å². The molecule has 30 heavy (non-hydrogen) atoms. The Hall–Kier alpha value is -4.14. The van der Waals surface area contributed by atoms with Crippen LogP contribution in [0.4, 0.5) is 10.1 Å². The first kappa shape index (κ1) is 17.9. The van der Waals surface area contributed by atoms with Gasteiger partial charge >= 0.3 is 0 Å². The summed E-state index contributed by atoms with van der Waals surface area (Å²) in [7, 11) is 0. The molecular formula is C21H16FN5O3. The van der Waals surface area contributed by atoms with Gasteiger partial charge in [-0.2, -0.15) is 10.2 Å². The van der Waals surface area contributed by atoms with Gasteiger partial charge in [0.15, 0.2) is 11.5 Å². The lowest BCUT2D eigenvalue weighted by atomic mass is 10.1. The molecule has 150 valence electrons. The van der Waals surface area contributed by atoms with Gasteiger partial charge in [-0.05, 0) is 42.0 Å². The van der Waals surface area contributed by atoms with Crippen LogP contribution in [0.1, 0.15) is 16.1 Å². The lowest BCUT2D eigenvalue weighted by Gasteiger charge is -2.02. The van der Waals surface area contributed by atoms with E-state index in [2.05, 4.69) is 20.6 Å². The van der Waals surface area contributed by atoms with Crippen molar-refractivity contribution >= 4 is 11.6 Å². The van der Waals surface area contributed by atoms with Crippen LogP contribution in [0, 0.1) is 5.82 Å². The van der Waals surface area contributed by atoms with Crippen LogP contribution in [-0.2, 0) is 6.54 Å². The Kier molecular flexibility index (Phi) is 4.40. The van der Waals surface area contributed by atoms with Crippen molar-refractivity contribution in [2.24, 2.45) is 0 Å². The Morgan fingerprint density at radius 1 is 1.17 bits per heavy atom. The molecule has 0 saturated heterocycles. The highest BCUT2D eigenvalue weighted by atomic mass is 19.1. The number of amides is 1. The molecule has 2 N–H and O–H groups in total. The minimum Gasteiger partial charge on any atom is -0.454 e. The number of rotatable bonds is 5. The molecule has 2 aromatic heterocycles. The van der Waals surface area contributed by atoms with Gasteiger partial charge < -0.3 is 14.8 Å². The first-order valence-corrected chi connectivity index (χ1v) is 9.18. The fourth-order valence-corrected chi connectivity index (χ4v) is 3.18. The molecule has 4 aromatic rings. The van der Waals surface area contributed by atoms with Crippen molar-refractivity contribution in [3.05, 3.63) is 78.0 Å². The Morgan fingerprint density at radius 3 is 2.97 bits per heavy atom. The van der Waals surface area contributed by atoms with Gasteiger partial charge in [-0.25, -0.2) is 4.39 Å². The lowest BCUT2D eigenvalue weighted by Crippen LogP contribution is -2.11. The van der Waals surface area contributed by atoms with Gasteiger partial charge in [0.2, 0.25) is 6.79 Å². The van der Waals surface area contributed by atoms with Crippen LogP contribution in [0.5, 0.6) is 11.5 Å². The zero-order valence-corrected chi connectivity index (χ0v) is 15.6. The van der Waals surface area contributed by atoms with Crippen LogP contribution in [0.2, 0.25) is 0 Å². The Morgan fingerprint density at radius 2 is 2.07 bits per heavy atom. The summed E-state index contributed by atoms with van der Waals surface area (Å²) in [5, 5.41) is 13.9. The zero-order chi connectivity index (χ0) is 20.5. The predicted molar refractivity (Wildman–Crippen MR) is 106 cm³/mol. The quantitative estimate of drug-likeness (QED) is 0.531. The lowest BCUT2D eigenvalue weighted by molar-refractivity contribution is 0.102. The average Bonchev–Trinajstić information content (AvgIpc) is 3.48. The van der Waals surface area contributed by atoms with Crippen LogP contribution >= 0.6 is 0 Å². The zero-order valence-electron chi connectivity index (χ0n) is 15.6. The summed E-state index contributed by atoms with van der Waals surface area (Å²) < 4.78 is 25.6. The van der Waals surface area contributed by atoms with E-state index in [9.17, 15) is 9.18 Å². The maximum atomic E-state index is 13.3. The van der Waals surface area contributed by atoms with Gasteiger partial charge in [-0.1, -0.05) is 12.1 Å². The van der Waals surface area contributed by atoms with Crippen molar-refractivity contribution in [3.63, 3.8) is 0 Å². The molecule has 1 aliphatic rings. The summed E-state index contributed by atoms with van der Waals surface area (Å²) in [5.41, 5.74) is 3.02. The van der Waals surface area contributed by atoms with Crippen molar-refractivity contribution in [1.82, 2.24) is 20.0 Å². The van der Waals surface area contributed by atoms with Crippen LogP contribution in [0.3, 0.4) is 0 Å². The van der Waals surface area contributed by atoms with Crippen molar-refractivity contribution in [1.29, 1.82) is 0 Å². The van der Waals surface area contributed by atoms with E-state index in [-0.39, 0.29) is 18.5 Å². The summed E-state index contributed by atoms with van der Waals surface area (Å²) in [5.74, 6) is 0.681. The molecule has 0 spiro atoms. The van der Waals surface area contributed by atoms with Crippen molar-refractivity contribution in [2.45, 2.75) is 6.54 Å². The SMILES string of the molecule is O=C(Nc1cnn(Cc2cccc(F)c2)c1)c1cc(-c2ccc3c(c2)OCO3)n[nH]1. The molecule has 0 unspecified atom stereocenters. The minimum atomic E-state index is -0.347. The summed E-state index contributed by atoms with van der Waals surface area (Å²) in [4.78, 5) is 12.5. The topological polar surface area (TPSA) is 94.1 Å². The fourth-order valence-electron chi connectivity index (χ4n) is 3.18. The average molecular weight is 405 g/mol. The third-order valence-electron chi connectivity index (χ3n) is 4.62. The number of aromatic amines is 1. The Labute approximate surface area is 170 Å². The number of anilines is 1. The second-order valence-electron chi connectivity index (χ2n) is 6.75. The molecule has 1 amide bonds. The number of nitrogens with one attached hydrogen (secondary N) is 2. The third kappa shape index (κ3) is 3.60. The van der Waals surface area contributed by atoms with E-state index >= 15 is 0 Å². The second-order valence-corrected chi connectivity index (χ2v) is 6.75. The summed E-state index contributed by atoms with van der Waals surface area (Å²) in [6, 6.07) is 13.4. The van der Waals surface area contributed by atoms with Gasteiger partial charge in [0.1, 0.15) is 11.5 Å². The van der Waals surface area contributed by atoms with E-state index in [1.165, 1.54) is 18.3 Å². The molecule has 0 saturated carbocycles. The standard InChI is InChI=1S/C21H16FN5O3/c22-15-3-1-2-13(6-15)10-27-11-16(9-23-27)24-21(28)18-8-17(25-26-18)14-4-5-19-20(7-14)30-12-29-19/h1-9,11H,10,12H2,(H,24,28)(H,25,26). The van der Waals surface area contributed by atoms with E-state index in [4.69, 9.17) is 9.47 Å². The third-order valence-corrected chi connectivity index (χ3v) is 4.62. The number of hydrogen-bond acceptors (Lipinski definition) is 5. The monoisotopic (exact) mass is 405 g/mol. The number of fused-ring (bicyclic) bond motifs is 1. The van der Waals surface area contributed by atoms with Crippen LogP contribution < -0.4 is 14.8 Å². The number of ether oxygens (including phenoxy) is 2. The molecule has 0 atom stereocenters. The molecule has 0 fully saturated rings. The molecule has 0 aliphatic carbocycles. The highest BCUT2D eigenvalue weighted by Crippen LogP contribution is 2.35. The fraction of sp³-hybridized carbons (Fsp3) is 0.0952. The second kappa shape index (κ2) is 7.36. The van der Waals surface area contributed by atoms with E-state index in [0.717, 1.165) is 11.1 Å². The number of H-pyrrole nitrogens is 1. The number of hydrogen-bond donors (Lipinski definition) is 2. The first-order chi connectivity index (χ1) is 14.6. The molecule has 3 heterocycles. The maximum absolute atomic E-state index is 13.3. The molecule has 0 bridgehead atoms. The highest BCUT2D eigenvalue weighted by Gasteiger charge is 2.17. The molecule has 2 aromatic carbocycles. The molecule has 1 aliphatic heterocycles. The van der Waals surface area contributed by atoms with Gasteiger partial charge in [-0.15, -0.1) is 0 Å². The first-order valence-electron chi connectivity index (χ1n) is 9.18. The smallest absolute Gasteiger partial charge is 0.273 e. The number of halogens is 1. The van der Waals surface area contributed by atoms with Crippen LogP contribution in [0.25, 0.3) is 11.3 Å². The van der Waals surface area contributed by atoms with Crippen molar-refractivity contribution in [3.8, 4) is 22.8 Å². The number of aromatic nitrogens is 4. The Bertz CT molecular complexity index is 1230. The molecule has 5 rings (SSSR count). The predicted octanol–water partition coefficient (Wildman–Crippen LogP) is 3.44. The van der Waals surface area contributed by atoms with Gasteiger partial charge in [-0.3, -0.25) is 14.6 Å². The van der Waals surface area contributed by atoms with E-state index in [1.54, 1.807) is 29.1 Å². The van der Waals surface area contributed by atoms with E-state index in [0.29, 0.717) is 35.1 Å². The molecule has 8 nitrogen and oxygen atoms in total. The van der Waals surface area contributed by atoms with Crippen molar-refractivity contribution in [2.75, 3.05) is 12.1 Å². The maximum Gasteiger partial charge on any atom is 0.273 e. The number of carbonyl (C=O) groups is 1. The van der Waals surface area contributed by atoms with Crippen LogP contribution in [0.15, 0.2) is 60.9 Å². The van der Waals surface area contributed by atoms with Gasteiger partial charge in [0, 0.05) is 11.8 Å². The summed E-state index contributed by atoms with van der Waals surface area (Å²) in [6.07, 6.45) is 3.21. The highest BCUT2D eigenvalue weighted by molar-refractivity contribution is 6.03. The molecule has 0 radical (unpaired) electrons. The van der Waals surface area contributed by atoms with Crippen molar-refractivity contribution < 1.29 is 18.7 Å². The van der Waals surface area contributed by atoms with Gasteiger partial charge in [0.25, 0.3) is 5.91 Å². The molecule has 9 heteroatoms. The number of carbonyl (C=O) groups excluding carboxylic acids is 1. The van der Waals surface area contributed by atoms with Gasteiger partial charge in [0.05, 0.1) is 24.1 Å². The number of benzene rings is 2. The summed E-state index contributed by atoms with van der Waals surface area (Å²) in [6.45, 7) is 0.589. The minimum absolute atomic E-state index is 0.194. The van der Waals surface area contributed by atoms with E-state index in [1.807, 2.05) is 18.2 Å². The largest absolute Gasteiger partial charge is 0.454 e.